The van der Waals surface area contributed by atoms with Crippen molar-refractivity contribution in [3.63, 3.8) is 0 Å². The second kappa shape index (κ2) is 20.3. The average Bonchev–Trinajstić information content (AvgIpc) is 3.00. The van der Waals surface area contributed by atoms with Gasteiger partial charge in [0.25, 0.3) is 0 Å². The summed E-state index contributed by atoms with van der Waals surface area (Å²) >= 11 is 0.962. The Morgan fingerprint density at radius 2 is 1.30 bits per heavy atom. The maximum atomic E-state index is 13.3. The molecule has 0 aliphatic carbocycles. The van der Waals surface area contributed by atoms with E-state index in [1.807, 2.05) is 0 Å². The summed E-state index contributed by atoms with van der Waals surface area (Å²) in [6, 6.07) is 3.56. The summed E-state index contributed by atoms with van der Waals surface area (Å²) in [5.41, 5.74) is 0.543. The van der Waals surface area contributed by atoms with Gasteiger partial charge in [0, 0.05) is 7.11 Å². The number of carboxylic acids is 3. The van der Waals surface area contributed by atoms with Crippen molar-refractivity contribution in [3.05, 3.63) is 29.8 Å². The van der Waals surface area contributed by atoms with Crippen molar-refractivity contribution >= 4 is 23.9 Å². The van der Waals surface area contributed by atoms with Gasteiger partial charge in [-0.1, -0.05) is 0 Å². The first-order valence-electron chi connectivity index (χ1n) is 14.4. The predicted octanol–water partition coefficient (Wildman–Crippen LogP) is 0.375. The number of ether oxygens (including phenoxy) is 2. The summed E-state index contributed by atoms with van der Waals surface area (Å²) in [7, 11) is 1.35. The minimum atomic E-state index is -4.33. The quantitative estimate of drug-likeness (QED) is 0.196. The Labute approximate surface area is 295 Å². The van der Waals surface area contributed by atoms with E-state index in [1.54, 1.807) is 19.6 Å². The van der Waals surface area contributed by atoms with Gasteiger partial charge in [0.1, 0.15) is 0 Å². The van der Waals surface area contributed by atoms with Gasteiger partial charge in [0.2, 0.25) is 0 Å². The van der Waals surface area contributed by atoms with Gasteiger partial charge in [-0.2, -0.15) is 0 Å². The molecule has 19 heteroatoms. The number of hydrogen-bond donors (Lipinski definition) is 3. The van der Waals surface area contributed by atoms with Crippen LogP contribution in [0.2, 0.25) is 0 Å². The standard InChI is InChI=1S/C28H40F4N4O10.Gd/c1-45-17-22(26(43)44)36-12-8-33(15-23(37)38)6-10-35(11-7-34(9-13-36)16-24(39)40)21(25(41)42)14-19-2-4-20(5-3-19)46-18-28(31,32)27(29)30;/h2-5,21-22,27H,6-18H2,1H3,(H,37,38)(H,39,40)(H,41,42)(H,43,44);/q;+1/p-1. The van der Waals surface area contributed by atoms with E-state index in [1.165, 1.54) is 31.4 Å². The van der Waals surface area contributed by atoms with Gasteiger partial charge >= 0.3 is 266 Å². The first-order chi connectivity index (χ1) is 22.2. The molecule has 14 nitrogen and oxygen atoms in total. The Kier molecular flexibility index (Phi) is 17.7. The number of carbonyl (C=O) groups excluding carboxylic acids is 1. The Morgan fingerprint density at radius 3 is 1.68 bits per heavy atom. The maximum absolute atomic E-state index is 13.3. The molecule has 1 aromatic rings. The summed E-state index contributed by atoms with van der Waals surface area (Å²) in [6.45, 7) is -1.29. The molecule has 1 fully saturated rings. The van der Waals surface area contributed by atoms with Crippen LogP contribution in [-0.2, 0) is 31.5 Å². The summed E-state index contributed by atoms with van der Waals surface area (Å²) in [5.74, 6) is -8.43. The number of nitrogens with zero attached hydrogens (tertiary/aromatic N) is 4. The third-order valence-electron chi connectivity index (χ3n) is 7.47. The van der Waals surface area contributed by atoms with Gasteiger partial charge in [-0.25, -0.2) is 8.78 Å². The first kappa shape index (κ1) is 40.9. The van der Waals surface area contributed by atoms with Crippen molar-refractivity contribution in [2.75, 3.05) is 85.8 Å². The zero-order valence-corrected chi connectivity index (χ0v) is 27.9. The van der Waals surface area contributed by atoms with Crippen LogP contribution in [-0.4, -0.2) is 169 Å². The normalized spacial score (nSPS) is 18.1. The van der Waals surface area contributed by atoms with Crippen molar-refractivity contribution in [2.24, 2.45) is 0 Å². The van der Waals surface area contributed by atoms with Crippen LogP contribution in [0.5, 0.6) is 5.75 Å². The number of alkyl halides is 4. The molecule has 0 saturated carbocycles. The van der Waals surface area contributed by atoms with Crippen LogP contribution in [0.4, 0.5) is 17.6 Å². The van der Waals surface area contributed by atoms with E-state index in [0.29, 0.717) is 5.56 Å². The predicted molar refractivity (Wildman–Crippen MR) is 151 cm³/mol. The molecule has 0 bridgehead atoms. The van der Waals surface area contributed by atoms with Crippen LogP contribution in [0.25, 0.3) is 0 Å². The number of halogens is 4. The molecule has 0 radical (unpaired) electrons. The van der Waals surface area contributed by atoms with Crippen molar-refractivity contribution < 1.29 is 101 Å². The third-order valence-corrected chi connectivity index (χ3v) is 7.93. The van der Waals surface area contributed by atoms with Gasteiger partial charge < -0.3 is 9.84 Å². The van der Waals surface area contributed by atoms with Crippen LogP contribution < -0.4 is 4.74 Å². The van der Waals surface area contributed by atoms with Crippen LogP contribution >= 0.6 is 0 Å². The Bertz CT molecular complexity index is 1140. The van der Waals surface area contributed by atoms with E-state index in [0.717, 1.165) is 38.5 Å². The number of rotatable bonds is 16. The zero-order chi connectivity index (χ0) is 35.1. The van der Waals surface area contributed by atoms with Crippen molar-refractivity contribution in [3.8, 4) is 5.75 Å². The van der Waals surface area contributed by atoms with Crippen LogP contribution in [0, 0.1) is 38.5 Å². The topological polar surface area (TPSA) is 170 Å². The van der Waals surface area contributed by atoms with E-state index in [2.05, 4.69) is 0 Å². The molecule has 0 amide bonds. The molecule has 1 saturated heterocycles. The Morgan fingerprint density at radius 1 is 0.830 bits per heavy atom. The van der Waals surface area contributed by atoms with Gasteiger partial charge in [-0.05, 0) is 0 Å². The number of carbonyl (C=O) groups is 4. The summed E-state index contributed by atoms with van der Waals surface area (Å²) in [5, 5.41) is 28.9. The summed E-state index contributed by atoms with van der Waals surface area (Å²) in [4.78, 5) is 55.0. The molecule has 2 rings (SSSR count). The molecule has 1 aliphatic heterocycles. The van der Waals surface area contributed by atoms with Gasteiger partial charge in [0.05, 0.1) is 0 Å². The number of methoxy groups -OCH3 is 1. The molecular formula is C28H39F4GdN4O10. The average molecular weight is 825 g/mol. The van der Waals surface area contributed by atoms with E-state index in [-0.39, 0.29) is 84.2 Å². The molecule has 0 aromatic heterocycles. The molecule has 0 spiro atoms. The fourth-order valence-electron chi connectivity index (χ4n) is 4.94. The van der Waals surface area contributed by atoms with Crippen molar-refractivity contribution in [1.29, 1.82) is 0 Å². The second-order valence-electron chi connectivity index (χ2n) is 10.8. The number of aliphatic carboxylic acids is 3. The van der Waals surface area contributed by atoms with Crippen LogP contribution in [0.1, 0.15) is 5.56 Å². The molecule has 2 atom stereocenters. The second-order valence-corrected chi connectivity index (χ2v) is 11.3. The van der Waals surface area contributed by atoms with Crippen molar-refractivity contribution in [2.45, 2.75) is 30.9 Å². The number of hydrogen-bond acceptors (Lipinski definition) is 11. The monoisotopic (exact) mass is 825 g/mol. The van der Waals surface area contributed by atoms with E-state index >= 15 is 0 Å². The molecule has 1 aromatic carbocycles. The molecule has 1 heterocycles. The van der Waals surface area contributed by atoms with E-state index < -0.39 is 54.9 Å². The molecule has 267 valence electrons. The Balaban J connectivity index is 2.34. The van der Waals surface area contributed by atoms with Gasteiger partial charge in [0.15, 0.2) is 0 Å². The summed E-state index contributed by atoms with van der Waals surface area (Å²) < 4.78 is 66.4. The van der Waals surface area contributed by atoms with Crippen LogP contribution in [0.15, 0.2) is 24.3 Å². The molecule has 2 unspecified atom stereocenters. The molecule has 3 N–H and O–H groups in total. The zero-order valence-electron chi connectivity index (χ0n) is 25.6. The SMILES string of the molecule is COCC(C(=O)O)N1CCN(CC(=O)O)CCN(C(Cc2ccc(OCC(F)(F)C(F)F)cc2)C(=O)[O][Gd])CCN(CC(=O)O)CC1. The van der Waals surface area contributed by atoms with E-state index in [9.17, 15) is 52.1 Å². The third kappa shape index (κ3) is 14.4. The number of carboxylic acid groups (broad SMARTS) is 3. The van der Waals surface area contributed by atoms with Crippen LogP contribution in [0.3, 0.4) is 0 Å². The first-order valence-corrected chi connectivity index (χ1v) is 15.4. The summed E-state index contributed by atoms with van der Waals surface area (Å²) in [6.07, 6.45) is -3.84. The van der Waals surface area contributed by atoms with E-state index in [4.69, 9.17) is 10.6 Å². The molecule has 1 aliphatic rings. The van der Waals surface area contributed by atoms with Crippen molar-refractivity contribution in [1.82, 2.24) is 19.6 Å². The van der Waals surface area contributed by atoms with Gasteiger partial charge in [-0.3, -0.25) is 4.79 Å². The molecule has 47 heavy (non-hydrogen) atoms. The Hall–Kier alpha value is -2.26. The fraction of sp³-hybridized carbons (Fsp3) is 0.643. The fourth-order valence-corrected chi connectivity index (χ4v) is 5.25. The van der Waals surface area contributed by atoms with Gasteiger partial charge in [-0.15, -0.1) is 0 Å². The number of benzene rings is 1. The molecular weight excluding hydrogens is 786 g/mol. The minimum absolute atomic E-state index is 0.0492.